The summed E-state index contributed by atoms with van der Waals surface area (Å²) in [5, 5.41) is -1.52. The van der Waals surface area contributed by atoms with Gasteiger partial charge in [-0.2, -0.15) is 21.6 Å². The number of hydrogen-bond donors (Lipinski definition) is 0. The normalized spacial score (nSPS) is 12.8. The summed E-state index contributed by atoms with van der Waals surface area (Å²) in [5.74, 6) is -0.313. The van der Waals surface area contributed by atoms with Gasteiger partial charge >= 0.3 is 16.3 Å². The lowest BCUT2D eigenvalue weighted by Gasteiger charge is -2.00. The van der Waals surface area contributed by atoms with Crippen LogP contribution in [-0.2, 0) is 16.3 Å². The highest BCUT2D eigenvalue weighted by Gasteiger charge is 2.35. The molecule has 0 radical (unpaired) electrons. The Bertz CT molecular complexity index is 437. The van der Waals surface area contributed by atoms with Crippen LogP contribution >= 0.6 is 11.3 Å². The standard InChI is InChI=1S/C6H6F3NO3S2/c1-2-15(11,12)13-4-3-10-5(14-4)6(7,8)9/h3H,2H2,1H3. The van der Waals surface area contributed by atoms with E-state index in [1.54, 1.807) is 0 Å². The predicted molar refractivity (Wildman–Crippen MR) is 47.2 cm³/mol. The highest BCUT2D eigenvalue weighted by Crippen LogP contribution is 2.35. The second kappa shape index (κ2) is 3.97. The summed E-state index contributed by atoms with van der Waals surface area (Å²) in [4.78, 5) is 3.01. The summed E-state index contributed by atoms with van der Waals surface area (Å²) in [7, 11) is -3.80. The lowest BCUT2D eigenvalue weighted by Crippen LogP contribution is -2.10. The average Bonchev–Trinajstić information content (AvgIpc) is 2.51. The fraction of sp³-hybridized carbons (Fsp3) is 0.500. The average molecular weight is 261 g/mol. The Morgan fingerprint density at radius 2 is 2.13 bits per heavy atom. The smallest absolute Gasteiger partial charge is 0.369 e. The number of halogens is 3. The van der Waals surface area contributed by atoms with Crippen LogP contribution in [0.1, 0.15) is 11.9 Å². The van der Waals surface area contributed by atoms with Gasteiger partial charge in [-0.15, -0.1) is 0 Å². The van der Waals surface area contributed by atoms with Gasteiger partial charge in [0.1, 0.15) is 0 Å². The molecule has 15 heavy (non-hydrogen) atoms. The van der Waals surface area contributed by atoms with Crippen molar-refractivity contribution in [2.75, 3.05) is 5.75 Å². The molecule has 0 fully saturated rings. The topological polar surface area (TPSA) is 56.3 Å². The van der Waals surface area contributed by atoms with Crippen molar-refractivity contribution in [2.45, 2.75) is 13.1 Å². The Morgan fingerprint density at radius 3 is 2.53 bits per heavy atom. The van der Waals surface area contributed by atoms with Gasteiger partial charge < -0.3 is 4.18 Å². The third-order valence-corrected chi connectivity index (χ3v) is 3.46. The molecule has 1 heterocycles. The molecule has 0 unspecified atom stereocenters. The second-order valence-electron chi connectivity index (χ2n) is 2.41. The fourth-order valence-electron chi connectivity index (χ4n) is 0.613. The Hall–Kier alpha value is -0.830. The van der Waals surface area contributed by atoms with Gasteiger partial charge in [0.05, 0.1) is 11.9 Å². The molecular formula is C6H6F3NO3S2. The lowest BCUT2D eigenvalue weighted by molar-refractivity contribution is -0.137. The van der Waals surface area contributed by atoms with Crippen LogP contribution in [0.4, 0.5) is 13.2 Å². The molecule has 0 aliphatic heterocycles. The number of alkyl halides is 3. The molecular weight excluding hydrogens is 255 g/mol. The van der Waals surface area contributed by atoms with Crippen LogP contribution in [0.25, 0.3) is 0 Å². The SMILES string of the molecule is CCS(=O)(=O)Oc1cnc(C(F)(F)F)s1. The number of nitrogens with zero attached hydrogens (tertiary/aromatic N) is 1. The summed E-state index contributed by atoms with van der Waals surface area (Å²) >= 11 is 0.145. The van der Waals surface area contributed by atoms with Crippen molar-refractivity contribution in [3.8, 4) is 5.06 Å². The Morgan fingerprint density at radius 1 is 1.53 bits per heavy atom. The molecule has 1 rings (SSSR count). The first-order chi connectivity index (χ1) is 6.74. The molecule has 0 saturated heterocycles. The van der Waals surface area contributed by atoms with Crippen molar-refractivity contribution in [1.82, 2.24) is 4.98 Å². The van der Waals surface area contributed by atoms with Crippen LogP contribution in [0, 0.1) is 0 Å². The van der Waals surface area contributed by atoms with Gasteiger partial charge in [-0.3, -0.25) is 0 Å². The third kappa shape index (κ3) is 3.34. The maximum Gasteiger partial charge on any atom is 0.443 e. The summed E-state index contributed by atoms with van der Waals surface area (Å²) in [6, 6.07) is 0. The van der Waals surface area contributed by atoms with E-state index in [9.17, 15) is 21.6 Å². The maximum atomic E-state index is 12.1. The highest BCUT2D eigenvalue weighted by atomic mass is 32.2. The van der Waals surface area contributed by atoms with Crippen LogP contribution in [0.5, 0.6) is 5.06 Å². The first kappa shape index (κ1) is 12.2. The third-order valence-electron chi connectivity index (χ3n) is 1.29. The van der Waals surface area contributed by atoms with E-state index in [1.165, 1.54) is 6.92 Å². The van der Waals surface area contributed by atoms with Crippen molar-refractivity contribution in [2.24, 2.45) is 0 Å². The van der Waals surface area contributed by atoms with E-state index >= 15 is 0 Å². The highest BCUT2D eigenvalue weighted by molar-refractivity contribution is 7.87. The second-order valence-corrected chi connectivity index (χ2v) is 5.26. The van der Waals surface area contributed by atoms with Gasteiger partial charge in [-0.1, -0.05) is 11.3 Å². The quantitative estimate of drug-likeness (QED) is 0.780. The van der Waals surface area contributed by atoms with E-state index in [-0.39, 0.29) is 22.2 Å². The Kier molecular flexibility index (Phi) is 3.24. The van der Waals surface area contributed by atoms with E-state index in [1.807, 2.05) is 0 Å². The van der Waals surface area contributed by atoms with E-state index in [0.717, 1.165) is 6.20 Å². The zero-order valence-electron chi connectivity index (χ0n) is 7.41. The van der Waals surface area contributed by atoms with Crippen LogP contribution in [0.15, 0.2) is 6.20 Å². The van der Waals surface area contributed by atoms with Gasteiger partial charge in [0.25, 0.3) is 0 Å². The molecule has 0 aliphatic rings. The van der Waals surface area contributed by atoms with Gasteiger partial charge in [-0.05, 0) is 6.92 Å². The maximum absolute atomic E-state index is 12.1. The molecule has 1 aromatic rings. The van der Waals surface area contributed by atoms with Crippen molar-refractivity contribution >= 4 is 21.5 Å². The molecule has 0 aliphatic carbocycles. The molecule has 4 nitrogen and oxygen atoms in total. The van der Waals surface area contributed by atoms with E-state index in [2.05, 4.69) is 9.17 Å². The lowest BCUT2D eigenvalue weighted by atomic mass is 10.7. The minimum atomic E-state index is -4.58. The summed E-state index contributed by atoms with van der Waals surface area (Å²) in [6.45, 7) is 1.32. The molecule has 0 bridgehead atoms. The monoisotopic (exact) mass is 261 g/mol. The van der Waals surface area contributed by atoms with Gasteiger partial charge in [0.2, 0.25) is 10.1 Å². The molecule has 1 aromatic heterocycles. The summed E-state index contributed by atoms with van der Waals surface area (Å²) < 4.78 is 62.3. The number of rotatable bonds is 3. The van der Waals surface area contributed by atoms with Crippen LogP contribution in [0.2, 0.25) is 0 Å². The van der Waals surface area contributed by atoms with Crippen LogP contribution in [0.3, 0.4) is 0 Å². The first-order valence-corrected chi connectivity index (χ1v) is 6.09. The fourth-order valence-corrected chi connectivity index (χ4v) is 1.99. The van der Waals surface area contributed by atoms with Crippen LogP contribution in [-0.4, -0.2) is 19.2 Å². The number of aromatic nitrogens is 1. The molecule has 0 saturated carbocycles. The van der Waals surface area contributed by atoms with Crippen molar-refractivity contribution in [3.05, 3.63) is 11.2 Å². The number of thiazole rings is 1. The first-order valence-electron chi connectivity index (χ1n) is 3.70. The van der Waals surface area contributed by atoms with E-state index in [4.69, 9.17) is 0 Å². The van der Waals surface area contributed by atoms with E-state index < -0.39 is 21.3 Å². The largest absolute Gasteiger partial charge is 0.443 e. The molecule has 0 atom stereocenters. The predicted octanol–water partition coefficient (Wildman–Crippen LogP) is 1.89. The minimum Gasteiger partial charge on any atom is -0.369 e. The molecule has 86 valence electrons. The van der Waals surface area contributed by atoms with Crippen LogP contribution < -0.4 is 4.18 Å². The molecule has 9 heteroatoms. The molecule has 0 spiro atoms. The van der Waals surface area contributed by atoms with Crippen molar-refractivity contribution in [3.63, 3.8) is 0 Å². The molecule has 0 amide bonds. The van der Waals surface area contributed by atoms with Crippen molar-refractivity contribution in [1.29, 1.82) is 0 Å². The zero-order valence-corrected chi connectivity index (χ0v) is 9.04. The molecule has 0 N–H and O–H groups in total. The van der Waals surface area contributed by atoms with Gasteiger partial charge in [-0.25, -0.2) is 4.98 Å². The summed E-state index contributed by atoms with van der Waals surface area (Å²) in [5.41, 5.74) is 0. The molecule has 0 aromatic carbocycles. The zero-order chi connectivity index (χ0) is 11.7. The van der Waals surface area contributed by atoms with Gasteiger partial charge in [0, 0.05) is 0 Å². The number of hydrogen-bond acceptors (Lipinski definition) is 5. The van der Waals surface area contributed by atoms with Gasteiger partial charge in [0.15, 0.2) is 0 Å². The summed E-state index contributed by atoms with van der Waals surface area (Å²) in [6.07, 6.45) is -3.84. The Balaban J connectivity index is 2.87. The van der Waals surface area contributed by atoms with Crippen molar-refractivity contribution < 1.29 is 25.8 Å². The van der Waals surface area contributed by atoms with E-state index in [0.29, 0.717) is 0 Å². The Labute approximate surface area is 87.8 Å². The minimum absolute atomic E-state index is 0.145.